The standard InChI is InChI=1S/C20H30O3/c1-14(2)8-6-9-15(3)10-7-11-16(4)12-13-18-19(21)17(5)20(22)23-18/h8,10,12,18,21H,6-7,9,11,13H2,1-5H3. The lowest BCUT2D eigenvalue weighted by molar-refractivity contribution is -0.140. The topological polar surface area (TPSA) is 46.5 Å². The summed E-state index contributed by atoms with van der Waals surface area (Å²) in [7, 11) is 0. The van der Waals surface area contributed by atoms with Gasteiger partial charge in [-0.1, -0.05) is 34.9 Å². The molecule has 0 amide bonds. The number of rotatable bonds is 8. The van der Waals surface area contributed by atoms with E-state index in [-0.39, 0.29) is 5.76 Å². The first-order valence-corrected chi connectivity index (χ1v) is 8.36. The van der Waals surface area contributed by atoms with Crippen LogP contribution in [0.1, 0.15) is 66.7 Å². The average Bonchev–Trinajstić information content (AvgIpc) is 2.72. The van der Waals surface area contributed by atoms with Gasteiger partial charge in [0.2, 0.25) is 0 Å². The summed E-state index contributed by atoms with van der Waals surface area (Å²) in [6.45, 7) is 10.1. The third-order valence-electron chi connectivity index (χ3n) is 4.05. The lowest BCUT2D eigenvalue weighted by Gasteiger charge is -2.08. The molecule has 3 heteroatoms. The van der Waals surface area contributed by atoms with Crippen LogP contribution in [0.3, 0.4) is 0 Å². The number of aliphatic hydroxyl groups is 1. The van der Waals surface area contributed by atoms with Crippen LogP contribution in [0, 0.1) is 0 Å². The van der Waals surface area contributed by atoms with Gasteiger partial charge in [-0.15, -0.1) is 0 Å². The SMILES string of the molecule is CC(C)=CCCC(C)=CCCC(C)=CCC1OC(=O)C(C)=C1O. The molecule has 1 heterocycles. The first-order valence-electron chi connectivity index (χ1n) is 8.36. The van der Waals surface area contributed by atoms with Crippen LogP contribution in [0.2, 0.25) is 0 Å². The summed E-state index contributed by atoms with van der Waals surface area (Å²) in [4.78, 5) is 11.3. The molecule has 23 heavy (non-hydrogen) atoms. The van der Waals surface area contributed by atoms with Crippen molar-refractivity contribution in [2.24, 2.45) is 0 Å². The Morgan fingerprint density at radius 3 is 2.13 bits per heavy atom. The molecule has 0 spiro atoms. The molecule has 1 unspecified atom stereocenters. The number of esters is 1. The van der Waals surface area contributed by atoms with Crippen molar-refractivity contribution in [3.05, 3.63) is 46.3 Å². The van der Waals surface area contributed by atoms with Gasteiger partial charge >= 0.3 is 5.97 Å². The van der Waals surface area contributed by atoms with E-state index in [4.69, 9.17) is 4.74 Å². The Morgan fingerprint density at radius 2 is 1.61 bits per heavy atom. The van der Waals surface area contributed by atoms with Gasteiger partial charge in [-0.05, 0) is 60.3 Å². The maximum atomic E-state index is 11.3. The van der Waals surface area contributed by atoms with E-state index in [0.29, 0.717) is 12.0 Å². The van der Waals surface area contributed by atoms with Crippen LogP contribution in [0.25, 0.3) is 0 Å². The lowest BCUT2D eigenvalue weighted by Crippen LogP contribution is -2.10. The second-order valence-electron chi connectivity index (χ2n) is 6.60. The van der Waals surface area contributed by atoms with E-state index in [2.05, 4.69) is 45.9 Å². The van der Waals surface area contributed by atoms with Crippen molar-refractivity contribution in [3.8, 4) is 0 Å². The van der Waals surface area contributed by atoms with Gasteiger partial charge in [0, 0.05) is 6.42 Å². The quantitative estimate of drug-likeness (QED) is 0.471. The molecule has 3 nitrogen and oxygen atoms in total. The van der Waals surface area contributed by atoms with Gasteiger partial charge in [-0.25, -0.2) is 4.79 Å². The van der Waals surface area contributed by atoms with Crippen LogP contribution in [-0.4, -0.2) is 17.2 Å². The van der Waals surface area contributed by atoms with E-state index in [0.717, 1.165) is 25.7 Å². The molecule has 0 aromatic rings. The molecule has 1 N–H and O–H groups in total. The maximum absolute atomic E-state index is 11.3. The second-order valence-corrected chi connectivity index (χ2v) is 6.60. The van der Waals surface area contributed by atoms with Crippen molar-refractivity contribution < 1.29 is 14.6 Å². The van der Waals surface area contributed by atoms with Gasteiger partial charge in [-0.3, -0.25) is 0 Å². The Hall–Kier alpha value is -1.77. The number of carbonyl (C=O) groups excluding carboxylic acids is 1. The van der Waals surface area contributed by atoms with Crippen molar-refractivity contribution >= 4 is 5.97 Å². The minimum Gasteiger partial charge on any atom is -0.508 e. The molecule has 1 aliphatic heterocycles. The van der Waals surface area contributed by atoms with Gasteiger partial charge in [0.1, 0.15) is 5.76 Å². The minimum absolute atomic E-state index is 0.0778. The molecular formula is C20H30O3. The Balaban J connectivity index is 2.35. The van der Waals surface area contributed by atoms with E-state index in [1.165, 1.54) is 16.7 Å². The highest BCUT2D eigenvalue weighted by Gasteiger charge is 2.30. The molecule has 1 rings (SSSR count). The molecule has 0 aromatic carbocycles. The molecule has 1 atom stereocenters. The smallest absolute Gasteiger partial charge is 0.338 e. The molecule has 0 saturated heterocycles. The molecule has 128 valence electrons. The van der Waals surface area contributed by atoms with Crippen LogP contribution in [0.15, 0.2) is 46.3 Å². The summed E-state index contributed by atoms with van der Waals surface area (Å²) in [5, 5.41) is 9.80. The molecule has 0 fully saturated rings. The van der Waals surface area contributed by atoms with E-state index in [9.17, 15) is 9.90 Å². The minimum atomic E-state index is -0.501. The summed E-state index contributed by atoms with van der Waals surface area (Å²) < 4.78 is 5.12. The lowest BCUT2D eigenvalue weighted by atomic mass is 10.0. The summed E-state index contributed by atoms with van der Waals surface area (Å²) in [6.07, 6.45) is 10.9. The predicted molar refractivity (Wildman–Crippen MR) is 95.2 cm³/mol. The number of hydrogen-bond acceptors (Lipinski definition) is 3. The molecule has 0 aliphatic carbocycles. The highest BCUT2D eigenvalue weighted by molar-refractivity contribution is 5.91. The highest BCUT2D eigenvalue weighted by Crippen LogP contribution is 2.23. The molecule has 1 aliphatic rings. The van der Waals surface area contributed by atoms with E-state index in [1.54, 1.807) is 6.92 Å². The van der Waals surface area contributed by atoms with E-state index in [1.807, 2.05) is 0 Å². The average molecular weight is 318 g/mol. The summed E-state index contributed by atoms with van der Waals surface area (Å²) >= 11 is 0. The summed E-state index contributed by atoms with van der Waals surface area (Å²) in [5.74, 6) is -0.331. The van der Waals surface area contributed by atoms with Crippen molar-refractivity contribution in [2.75, 3.05) is 0 Å². The van der Waals surface area contributed by atoms with Crippen LogP contribution in [-0.2, 0) is 9.53 Å². The van der Waals surface area contributed by atoms with Crippen LogP contribution < -0.4 is 0 Å². The van der Waals surface area contributed by atoms with Crippen LogP contribution in [0.4, 0.5) is 0 Å². The first kappa shape index (κ1) is 19.3. The van der Waals surface area contributed by atoms with Gasteiger partial charge in [0.15, 0.2) is 6.10 Å². The third kappa shape index (κ3) is 6.89. The zero-order chi connectivity index (χ0) is 17.4. The Morgan fingerprint density at radius 1 is 1.04 bits per heavy atom. The van der Waals surface area contributed by atoms with Crippen molar-refractivity contribution in [1.82, 2.24) is 0 Å². The molecule has 0 radical (unpaired) electrons. The zero-order valence-electron chi connectivity index (χ0n) is 15.1. The van der Waals surface area contributed by atoms with E-state index < -0.39 is 12.1 Å². The molecule has 0 bridgehead atoms. The Labute approximate surface area is 140 Å². The fourth-order valence-electron chi connectivity index (χ4n) is 2.43. The molecule has 0 saturated carbocycles. The Kier molecular flexibility index (Phi) is 7.87. The number of hydrogen-bond donors (Lipinski definition) is 1. The highest BCUT2D eigenvalue weighted by atomic mass is 16.6. The van der Waals surface area contributed by atoms with E-state index >= 15 is 0 Å². The van der Waals surface area contributed by atoms with Crippen LogP contribution in [0.5, 0.6) is 0 Å². The maximum Gasteiger partial charge on any atom is 0.338 e. The Bertz CT molecular complexity index is 543. The van der Waals surface area contributed by atoms with Crippen molar-refractivity contribution in [3.63, 3.8) is 0 Å². The van der Waals surface area contributed by atoms with Crippen molar-refractivity contribution in [1.29, 1.82) is 0 Å². The third-order valence-corrected chi connectivity index (χ3v) is 4.05. The van der Waals surface area contributed by atoms with Crippen LogP contribution >= 0.6 is 0 Å². The number of aliphatic hydroxyl groups excluding tert-OH is 1. The van der Waals surface area contributed by atoms with Crippen molar-refractivity contribution in [2.45, 2.75) is 72.8 Å². The number of ether oxygens (including phenoxy) is 1. The zero-order valence-corrected chi connectivity index (χ0v) is 15.1. The normalized spacial score (nSPS) is 19.2. The van der Waals surface area contributed by atoms with Gasteiger partial charge in [0.25, 0.3) is 0 Å². The second kappa shape index (κ2) is 9.39. The fourth-order valence-corrected chi connectivity index (χ4v) is 2.43. The number of cyclic esters (lactones) is 1. The van der Waals surface area contributed by atoms with Gasteiger partial charge in [-0.2, -0.15) is 0 Å². The van der Waals surface area contributed by atoms with Gasteiger partial charge in [0.05, 0.1) is 5.57 Å². The number of carbonyl (C=O) groups is 1. The monoisotopic (exact) mass is 318 g/mol. The molecule has 0 aromatic heterocycles. The predicted octanol–water partition coefficient (Wildman–Crippen LogP) is 5.55. The summed E-state index contributed by atoms with van der Waals surface area (Å²) in [5.41, 5.74) is 4.38. The molecular weight excluding hydrogens is 288 g/mol. The number of allylic oxidation sites excluding steroid dienone is 5. The summed E-state index contributed by atoms with van der Waals surface area (Å²) in [6, 6.07) is 0. The first-order chi connectivity index (χ1) is 10.8. The van der Waals surface area contributed by atoms with Gasteiger partial charge < -0.3 is 9.84 Å². The fraction of sp³-hybridized carbons (Fsp3) is 0.550. The largest absolute Gasteiger partial charge is 0.508 e.